The highest BCUT2D eigenvalue weighted by atomic mass is 35.5. The molecule has 0 radical (unpaired) electrons. The van der Waals surface area contributed by atoms with Gasteiger partial charge in [0.05, 0.1) is 20.3 Å². The molecular formula is C17H27ClN2O3. The fraction of sp³-hybridized carbons (Fsp3) is 0.588. The van der Waals surface area contributed by atoms with Crippen molar-refractivity contribution in [2.45, 2.75) is 45.2 Å². The molecule has 0 heterocycles. The SMILES string of the molecule is COc1cc(C)c(C(C)NC(=O)C2CCC(N)C2)cc1OC.Cl. The van der Waals surface area contributed by atoms with E-state index < -0.39 is 0 Å². The lowest BCUT2D eigenvalue weighted by molar-refractivity contribution is -0.125. The zero-order chi connectivity index (χ0) is 16.3. The summed E-state index contributed by atoms with van der Waals surface area (Å²) >= 11 is 0. The Hall–Kier alpha value is -1.46. The summed E-state index contributed by atoms with van der Waals surface area (Å²) in [6, 6.07) is 3.94. The van der Waals surface area contributed by atoms with Gasteiger partial charge in [-0.2, -0.15) is 0 Å². The Balaban J connectivity index is 0.00000264. The highest BCUT2D eigenvalue weighted by molar-refractivity contribution is 5.85. The average molecular weight is 343 g/mol. The molecule has 23 heavy (non-hydrogen) atoms. The van der Waals surface area contributed by atoms with E-state index in [1.54, 1.807) is 14.2 Å². The molecule has 130 valence electrons. The van der Waals surface area contributed by atoms with Crippen LogP contribution in [-0.4, -0.2) is 26.2 Å². The van der Waals surface area contributed by atoms with Crippen LogP contribution in [0.3, 0.4) is 0 Å². The minimum Gasteiger partial charge on any atom is -0.493 e. The Kier molecular flexibility index (Phi) is 7.16. The van der Waals surface area contributed by atoms with Gasteiger partial charge in [0.1, 0.15) is 0 Å². The number of hydrogen-bond acceptors (Lipinski definition) is 4. The third-order valence-corrected chi connectivity index (χ3v) is 4.44. The molecule has 1 amide bonds. The van der Waals surface area contributed by atoms with E-state index in [1.165, 1.54) is 0 Å². The van der Waals surface area contributed by atoms with E-state index in [0.29, 0.717) is 11.5 Å². The summed E-state index contributed by atoms with van der Waals surface area (Å²) in [5.74, 6) is 1.50. The van der Waals surface area contributed by atoms with E-state index >= 15 is 0 Å². The summed E-state index contributed by atoms with van der Waals surface area (Å²) in [5, 5.41) is 3.10. The number of carbonyl (C=O) groups excluding carboxylic acids is 1. The summed E-state index contributed by atoms with van der Waals surface area (Å²) in [6.45, 7) is 3.99. The second kappa shape index (κ2) is 8.41. The molecule has 0 aliphatic heterocycles. The molecule has 1 fully saturated rings. The lowest BCUT2D eigenvalue weighted by Gasteiger charge is -2.21. The number of nitrogens with one attached hydrogen (secondary N) is 1. The van der Waals surface area contributed by atoms with Gasteiger partial charge in [-0.3, -0.25) is 4.79 Å². The first kappa shape index (κ1) is 19.6. The highest BCUT2D eigenvalue weighted by Crippen LogP contribution is 2.33. The largest absolute Gasteiger partial charge is 0.493 e. The molecule has 0 aromatic heterocycles. The summed E-state index contributed by atoms with van der Waals surface area (Å²) in [6.07, 6.45) is 2.59. The van der Waals surface area contributed by atoms with Crippen LogP contribution in [0.2, 0.25) is 0 Å². The first-order valence-electron chi connectivity index (χ1n) is 7.74. The van der Waals surface area contributed by atoms with Crippen molar-refractivity contribution in [3.05, 3.63) is 23.3 Å². The van der Waals surface area contributed by atoms with Crippen molar-refractivity contribution in [3.8, 4) is 11.5 Å². The standard InChI is InChI=1S/C17H26N2O3.ClH/c1-10-7-15(21-3)16(22-4)9-14(10)11(2)19-17(20)12-5-6-13(18)8-12;/h7,9,11-13H,5-6,8,18H2,1-4H3,(H,19,20);1H. The number of rotatable bonds is 5. The molecule has 1 aliphatic carbocycles. The van der Waals surface area contributed by atoms with Crippen LogP contribution in [0.1, 0.15) is 43.4 Å². The van der Waals surface area contributed by atoms with Gasteiger partial charge in [-0.15, -0.1) is 12.4 Å². The Morgan fingerprint density at radius 3 is 2.39 bits per heavy atom. The molecule has 1 aliphatic rings. The fourth-order valence-electron chi connectivity index (χ4n) is 3.13. The molecule has 6 heteroatoms. The van der Waals surface area contributed by atoms with Crippen LogP contribution in [-0.2, 0) is 4.79 Å². The Labute approximate surface area is 144 Å². The second-order valence-corrected chi connectivity index (χ2v) is 6.06. The van der Waals surface area contributed by atoms with Crippen molar-refractivity contribution in [1.29, 1.82) is 0 Å². The van der Waals surface area contributed by atoms with Gasteiger partial charge in [-0.05, 0) is 56.4 Å². The molecule has 5 nitrogen and oxygen atoms in total. The molecule has 2 rings (SSSR count). The lowest BCUT2D eigenvalue weighted by atomic mass is 10.00. The smallest absolute Gasteiger partial charge is 0.223 e. The Bertz CT molecular complexity index is 551. The molecule has 3 atom stereocenters. The van der Waals surface area contributed by atoms with E-state index in [2.05, 4.69) is 5.32 Å². The zero-order valence-corrected chi connectivity index (χ0v) is 15.0. The maximum Gasteiger partial charge on any atom is 0.223 e. The third kappa shape index (κ3) is 4.52. The minimum absolute atomic E-state index is 0. The van der Waals surface area contributed by atoms with Crippen LogP contribution < -0.4 is 20.5 Å². The fourth-order valence-corrected chi connectivity index (χ4v) is 3.13. The second-order valence-electron chi connectivity index (χ2n) is 6.06. The van der Waals surface area contributed by atoms with E-state index in [-0.39, 0.29) is 36.3 Å². The molecule has 3 N–H and O–H groups in total. The van der Waals surface area contributed by atoms with Gasteiger partial charge in [-0.1, -0.05) is 0 Å². The van der Waals surface area contributed by atoms with Crippen LogP contribution in [0.15, 0.2) is 12.1 Å². The van der Waals surface area contributed by atoms with Crippen molar-refractivity contribution in [1.82, 2.24) is 5.32 Å². The zero-order valence-electron chi connectivity index (χ0n) is 14.2. The predicted octanol–water partition coefficient (Wildman–Crippen LogP) is 2.74. The first-order chi connectivity index (χ1) is 10.5. The average Bonchev–Trinajstić information content (AvgIpc) is 2.93. The quantitative estimate of drug-likeness (QED) is 0.862. The van der Waals surface area contributed by atoms with Crippen LogP contribution in [0, 0.1) is 12.8 Å². The van der Waals surface area contributed by atoms with Gasteiger partial charge >= 0.3 is 0 Å². The van der Waals surface area contributed by atoms with E-state index in [4.69, 9.17) is 15.2 Å². The first-order valence-corrected chi connectivity index (χ1v) is 7.74. The molecule has 0 bridgehead atoms. The molecule has 1 saturated carbocycles. The number of halogens is 1. The van der Waals surface area contributed by atoms with Gasteiger partial charge in [0, 0.05) is 12.0 Å². The normalized spacial score (nSPS) is 21.3. The summed E-state index contributed by atoms with van der Waals surface area (Å²) in [5.41, 5.74) is 7.99. The van der Waals surface area contributed by atoms with Gasteiger partial charge < -0.3 is 20.5 Å². The summed E-state index contributed by atoms with van der Waals surface area (Å²) < 4.78 is 10.6. The van der Waals surface area contributed by atoms with E-state index in [0.717, 1.165) is 30.4 Å². The molecule has 0 saturated heterocycles. The predicted molar refractivity (Wildman–Crippen MR) is 93.4 cm³/mol. The number of methoxy groups -OCH3 is 2. The molecule has 1 aromatic rings. The third-order valence-electron chi connectivity index (χ3n) is 4.44. The lowest BCUT2D eigenvalue weighted by Crippen LogP contribution is -2.32. The van der Waals surface area contributed by atoms with Crippen LogP contribution in [0.4, 0.5) is 0 Å². The van der Waals surface area contributed by atoms with Crippen LogP contribution >= 0.6 is 12.4 Å². The molecule has 0 spiro atoms. The number of ether oxygens (including phenoxy) is 2. The number of hydrogen-bond donors (Lipinski definition) is 2. The van der Waals surface area contributed by atoms with Crippen LogP contribution in [0.5, 0.6) is 11.5 Å². The van der Waals surface area contributed by atoms with Crippen molar-refractivity contribution >= 4 is 18.3 Å². The number of carbonyl (C=O) groups is 1. The maximum atomic E-state index is 12.3. The molecule has 1 aromatic carbocycles. The van der Waals surface area contributed by atoms with E-state index in [9.17, 15) is 4.79 Å². The van der Waals surface area contributed by atoms with E-state index in [1.807, 2.05) is 26.0 Å². The molecule has 3 unspecified atom stereocenters. The molecular weight excluding hydrogens is 316 g/mol. The number of benzene rings is 1. The topological polar surface area (TPSA) is 73.6 Å². The monoisotopic (exact) mass is 342 g/mol. The van der Waals surface area contributed by atoms with Gasteiger partial charge in [0.15, 0.2) is 11.5 Å². The van der Waals surface area contributed by atoms with Crippen molar-refractivity contribution in [3.63, 3.8) is 0 Å². The Morgan fingerprint density at radius 1 is 1.26 bits per heavy atom. The van der Waals surface area contributed by atoms with Crippen LogP contribution in [0.25, 0.3) is 0 Å². The van der Waals surface area contributed by atoms with Crippen molar-refractivity contribution in [2.24, 2.45) is 11.7 Å². The Morgan fingerprint density at radius 2 is 1.87 bits per heavy atom. The van der Waals surface area contributed by atoms with Gasteiger partial charge in [0.25, 0.3) is 0 Å². The minimum atomic E-state index is -0.0795. The van der Waals surface area contributed by atoms with Crippen molar-refractivity contribution in [2.75, 3.05) is 14.2 Å². The summed E-state index contributed by atoms with van der Waals surface area (Å²) in [7, 11) is 3.23. The summed E-state index contributed by atoms with van der Waals surface area (Å²) in [4.78, 5) is 12.3. The number of amides is 1. The maximum absolute atomic E-state index is 12.3. The number of nitrogens with two attached hydrogens (primary N) is 1. The van der Waals surface area contributed by atoms with Gasteiger partial charge in [0.2, 0.25) is 5.91 Å². The number of aryl methyl sites for hydroxylation is 1. The highest BCUT2D eigenvalue weighted by Gasteiger charge is 2.28. The van der Waals surface area contributed by atoms with Gasteiger partial charge in [-0.25, -0.2) is 0 Å². The van der Waals surface area contributed by atoms with Crippen molar-refractivity contribution < 1.29 is 14.3 Å².